The molecule has 2 aromatic heterocycles. The Balaban J connectivity index is 1.96. The molecule has 0 amide bonds. The Bertz CT molecular complexity index is 565. The molecule has 1 saturated heterocycles. The van der Waals surface area contributed by atoms with Gasteiger partial charge in [0.1, 0.15) is 11.2 Å². The second-order valence-corrected chi connectivity index (χ2v) is 5.14. The molecule has 3 rings (SSSR count). The van der Waals surface area contributed by atoms with Gasteiger partial charge in [0.05, 0.1) is 11.7 Å². The van der Waals surface area contributed by atoms with E-state index in [4.69, 9.17) is 15.2 Å². The lowest BCUT2D eigenvalue weighted by atomic mass is 9.96. The first-order valence-corrected chi connectivity index (χ1v) is 6.34. The Hall–Kier alpha value is -1.46. The van der Waals surface area contributed by atoms with Gasteiger partial charge in [-0.05, 0) is 38.9 Å². The zero-order valence-corrected chi connectivity index (χ0v) is 10.8. The number of fused-ring (bicyclic) bond motifs is 1. The molecule has 0 aliphatic carbocycles. The molecule has 1 aliphatic rings. The molecular formula is C13H18N4O. The third kappa shape index (κ3) is 1.89. The molecule has 1 fully saturated rings. The van der Waals surface area contributed by atoms with Crippen molar-refractivity contribution in [1.82, 2.24) is 15.0 Å². The molecule has 2 N–H and O–H groups in total. The van der Waals surface area contributed by atoms with Crippen LogP contribution in [0.25, 0.3) is 11.1 Å². The maximum atomic E-state index is 5.98. The topological polar surface area (TPSA) is 68.2 Å². The van der Waals surface area contributed by atoms with E-state index in [0.29, 0.717) is 6.04 Å². The molecule has 1 aliphatic heterocycles. The van der Waals surface area contributed by atoms with Gasteiger partial charge in [0.15, 0.2) is 5.58 Å². The third-order valence-corrected chi connectivity index (χ3v) is 3.71. The fourth-order valence-corrected chi connectivity index (χ4v) is 2.70. The number of nitrogens with zero attached hydrogens (tertiary/aromatic N) is 3. The van der Waals surface area contributed by atoms with Gasteiger partial charge in [-0.15, -0.1) is 0 Å². The van der Waals surface area contributed by atoms with E-state index in [2.05, 4.69) is 17.1 Å². The number of aryl methyl sites for hydroxylation is 1. The number of rotatable bonds is 1. The van der Waals surface area contributed by atoms with Crippen LogP contribution in [0.4, 0.5) is 0 Å². The van der Waals surface area contributed by atoms with Gasteiger partial charge in [0, 0.05) is 12.6 Å². The molecule has 0 bridgehead atoms. The largest absolute Gasteiger partial charge is 0.354 e. The Morgan fingerprint density at radius 1 is 1.39 bits per heavy atom. The Labute approximate surface area is 106 Å². The molecule has 96 valence electrons. The molecule has 3 heterocycles. The Morgan fingerprint density at radius 3 is 3.00 bits per heavy atom. The van der Waals surface area contributed by atoms with Crippen LogP contribution in [0.5, 0.6) is 0 Å². The fourth-order valence-electron chi connectivity index (χ4n) is 2.70. The van der Waals surface area contributed by atoms with Crippen LogP contribution in [0.1, 0.15) is 30.3 Å². The van der Waals surface area contributed by atoms with Crippen LogP contribution in [0, 0.1) is 6.92 Å². The molecule has 5 nitrogen and oxygen atoms in total. The van der Waals surface area contributed by atoms with Crippen LogP contribution in [0.2, 0.25) is 0 Å². The number of pyridine rings is 1. The molecule has 0 aromatic carbocycles. The predicted molar refractivity (Wildman–Crippen MR) is 69.1 cm³/mol. The second kappa shape index (κ2) is 4.33. The monoisotopic (exact) mass is 246 g/mol. The molecule has 0 saturated carbocycles. The molecule has 2 atom stereocenters. The van der Waals surface area contributed by atoms with E-state index in [-0.39, 0.29) is 6.04 Å². The normalized spacial score (nSPS) is 25.7. The molecule has 2 unspecified atom stereocenters. The summed E-state index contributed by atoms with van der Waals surface area (Å²) in [5, 5.41) is 3.94. The summed E-state index contributed by atoms with van der Waals surface area (Å²) in [6.07, 6.45) is 2.11. The molecule has 5 heteroatoms. The lowest BCUT2D eigenvalue weighted by molar-refractivity contribution is 0.166. The first kappa shape index (κ1) is 11.6. The van der Waals surface area contributed by atoms with Gasteiger partial charge < -0.3 is 10.3 Å². The lowest BCUT2D eigenvalue weighted by Crippen LogP contribution is -2.42. The predicted octanol–water partition coefficient (Wildman–Crippen LogP) is 1.63. The summed E-state index contributed by atoms with van der Waals surface area (Å²) in [4.78, 5) is 6.98. The zero-order valence-electron chi connectivity index (χ0n) is 10.8. The molecule has 0 radical (unpaired) electrons. The Kier molecular flexibility index (Phi) is 2.80. The summed E-state index contributed by atoms with van der Waals surface area (Å²) in [5.74, 6) is 0. The van der Waals surface area contributed by atoms with Gasteiger partial charge >= 0.3 is 0 Å². The lowest BCUT2D eigenvalue weighted by Gasteiger charge is -2.35. The molecular weight excluding hydrogens is 228 g/mol. The highest BCUT2D eigenvalue weighted by Crippen LogP contribution is 2.29. The fraction of sp³-hybridized carbons (Fsp3) is 0.538. The maximum Gasteiger partial charge on any atom is 0.185 e. The van der Waals surface area contributed by atoms with Crippen molar-refractivity contribution in [3.8, 4) is 0 Å². The van der Waals surface area contributed by atoms with E-state index in [0.717, 1.165) is 41.9 Å². The number of likely N-dealkylation sites (N-methyl/N-ethyl adjacent to an activating group) is 1. The van der Waals surface area contributed by atoms with Gasteiger partial charge in [-0.25, -0.2) is 4.98 Å². The van der Waals surface area contributed by atoms with E-state index in [1.165, 1.54) is 0 Å². The zero-order chi connectivity index (χ0) is 12.7. The first-order valence-electron chi connectivity index (χ1n) is 6.34. The Morgan fingerprint density at radius 2 is 2.22 bits per heavy atom. The van der Waals surface area contributed by atoms with Crippen molar-refractivity contribution >= 4 is 11.1 Å². The van der Waals surface area contributed by atoms with Crippen molar-refractivity contribution in [3.63, 3.8) is 0 Å². The van der Waals surface area contributed by atoms with Crippen molar-refractivity contribution in [2.24, 2.45) is 5.73 Å². The molecule has 2 aromatic rings. The molecule has 0 spiro atoms. The average Bonchev–Trinajstić information content (AvgIpc) is 2.71. The van der Waals surface area contributed by atoms with E-state index >= 15 is 0 Å². The minimum atomic E-state index is 0.285. The van der Waals surface area contributed by atoms with Crippen molar-refractivity contribution in [2.45, 2.75) is 31.8 Å². The summed E-state index contributed by atoms with van der Waals surface area (Å²) in [6, 6.07) is 4.63. The first-order chi connectivity index (χ1) is 8.65. The van der Waals surface area contributed by atoms with Crippen LogP contribution >= 0.6 is 0 Å². The smallest absolute Gasteiger partial charge is 0.185 e. The summed E-state index contributed by atoms with van der Waals surface area (Å²) < 4.78 is 5.19. The van der Waals surface area contributed by atoms with Gasteiger partial charge in [0.2, 0.25) is 0 Å². The summed E-state index contributed by atoms with van der Waals surface area (Å²) in [7, 11) is 2.11. The highest BCUT2D eigenvalue weighted by atomic mass is 16.5. The molecule has 18 heavy (non-hydrogen) atoms. The van der Waals surface area contributed by atoms with Gasteiger partial charge in [0.25, 0.3) is 0 Å². The van der Waals surface area contributed by atoms with Crippen LogP contribution in [0.15, 0.2) is 16.7 Å². The highest BCUT2D eigenvalue weighted by molar-refractivity contribution is 5.74. The standard InChI is InChI=1S/C13H18N4O/c1-8-13-12(18-16-8)6-4-10(15-13)11-5-3-9(14)7-17(11)2/h4,6,9,11H,3,5,7,14H2,1-2H3. The van der Waals surface area contributed by atoms with Gasteiger partial charge in [-0.1, -0.05) is 5.16 Å². The van der Waals surface area contributed by atoms with E-state index in [1.807, 2.05) is 19.1 Å². The quantitative estimate of drug-likeness (QED) is 0.828. The summed E-state index contributed by atoms with van der Waals surface area (Å²) in [6.45, 7) is 2.84. The summed E-state index contributed by atoms with van der Waals surface area (Å²) in [5.41, 5.74) is 9.54. The average molecular weight is 246 g/mol. The maximum absolute atomic E-state index is 5.98. The number of hydrogen-bond donors (Lipinski definition) is 1. The number of piperidine rings is 1. The van der Waals surface area contributed by atoms with Gasteiger partial charge in [-0.3, -0.25) is 4.90 Å². The van der Waals surface area contributed by atoms with Crippen molar-refractivity contribution in [1.29, 1.82) is 0 Å². The van der Waals surface area contributed by atoms with Crippen LogP contribution in [-0.4, -0.2) is 34.7 Å². The minimum absolute atomic E-state index is 0.285. The number of likely N-dealkylation sites (tertiary alicyclic amines) is 1. The highest BCUT2D eigenvalue weighted by Gasteiger charge is 2.26. The minimum Gasteiger partial charge on any atom is -0.354 e. The van der Waals surface area contributed by atoms with E-state index < -0.39 is 0 Å². The third-order valence-electron chi connectivity index (χ3n) is 3.71. The van der Waals surface area contributed by atoms with Crippen molar-refractivity contribution < 1.29 is 4.52 Å². The van der Waals surface area contributed by atoms with Crippen LogP contribution in [0.3, 0.4) is 0 Å². The summed E-state index contributed by atoms with van der Waals surface area (Å²) >= 11 is 0. The van der Waals surface area contributed by atoms with E-state index in [9.17, 15) is 0 Å². The number of aromatic nitrogens is 2. The second-order valence-electron chi connectivity index (χ2n) is 5.14. The van der Waals surface area contributed by atoms with Crippen molar-refractivity contribution in [2.75, 3.05) is 13.6 Å². The van der Waals surface area contributed by atoms with Gasteiger partial charge in [-0.2, -0.15) is 0 Å². The van der Waals surface area contributed by atoms with Crippen LogP contribution in [-0.2, 0) is 0 Å². The van der Waals surface area contributed by atoms with E-state index in [1.54, 1.807) is 0 Å². The van der Waals surface area contributed by atoms with Crippen molar-refractivity contribution in [3.05, 3.63) is 23.5 Å². The van der Waals surface area contributed by atoms with Crippen LogP contribution < -0.4 is 5.73 Å². The number of nitrogens with two attached hydrogens (primary N) is 1. The SMILES string of the molecule is Cc1noc2ccc(C3CCC(N)CN3C)nc12. The number of hydrogen-bond acceptors (Lipinski definition) is 5.